The minimum absolute atomic E-state index is 0.182. The van der Waals surface area contributed by atoms with E-state index in [1.165, 1.54) is 6.07 Å². The van der Waals surface area contributed by atoms with E-state index >= 15 is 0 Å². The molecule has 5 heteroatoms. The quantitative estimate of drug-likeness (QED) is 0.740. The van der Waals surface area contributed by atoms with Crippen molar-refractivity contribution in [1.82, 2.24) is 5.32 Å². The largest absolute Gasteiger partial charge is 0.508 e. The molecule has 0 saturated heterocycles. The first-order chi connectivity index (χ1) is 8.94. The van der Waals surface area contributed by atoms with Crippen molar-refractivity contribution in [3.63, 3.8) is 0 Å². The van der Waals surface area contributed by atoms with Crippen molar-refractivity contribution in [1.29, 1.82) is 0 Å². The van der Waals surface area contributed by atoms with Crippen LogP contribution < -0.4 is 11.1 Å². The average molecular weight is 278 g/mol. The van der Waals surface area contributed by atoms with E-state index in [-0.39, 0.29) is 11.7 Å². The number of carbonyl (C=O) groups is 1. The highest BCUT2D eigenvalue weighted by Gasteiger charge is 2.38. The number of nitrogens with two attached hydrogens (primary N) is 1. The second kappa shape index (κ2) is 5.17. The third-order valence-electron chi connectivity index (χ3n) is 3.74. The zero-order valence-corrected chi connectivity index (χ0v) is 11.7. The molecule has 0 heterocycles. The molecule has 1 saturated carbocycles. The highest BCUT2D eigenvalue weighted by Crippen LogP contribution is 2.30. The van der Waals surface area contributed by atoms with E-state index in [9.17, 15) is 9.90 Å². The molecule has 0 spiro atoms. The number of benzene rings is 1. The molecular weight excluding hydrogens is 260 g/mol. The summed E-state index contributed by atoms with van der Waals surface area (Å²) in [4.78, 5) is 12.6. The van der Waals surface area contributed by atoms with Gasteiger partial charge in [0.15, 0.2) is 0 Å². The van der Waals surface area contributed by atoms with Crippen molar-refractivity contribution < 1.29 is 9.90 Å². The van der Waals surface area contributed by atoms with Crippen molar-refractivity contribution in [3.8, 4) is 5.75 Å². The number of nitrogens with one attached hydrogen (secondary N) is 1. The van der Waals surface area contributed by atoms with E-state index in [2.05, 4.69) is 5.32 Å². The third-order valence-corrected chi connectivity index (χ3v) is 4.13. The maximum Gasteiger partial charge on any atom is 0.252 e. The summed E-state index contributed by atoms with van der Waals surface area (Å²) in [6, 6.07) is 4.78. The molecule has 1 fully saturated rings. The number of aryl methyl sites for hydroxylation is 1. The van der Waals surface area contributed by atoms with Gasteiger partial charge >= 0.3 is 0 Å². The molecule has 102 valence electrons. The van der Waals surface area contributed by atoms with Crippen LogP contribution in [-0.2, 0) is 0 Å². The maximum atomic E-state index is 12.3. The van der Waals surface area contributed by atoms with Crippen LogP contribution in [0.1, 0.15) is 41.6 Å². The van der Waals surface area contributed by atoms with Crippen molar-refractivity contribution in [2.75, 3.05) is 0 Å². The van der Waals surface area contributed by atoms with E-state index in [4.69, 9.17) is 18.0 Å². The van der Waals surface area contributed by atoms with Gasteiger partial charge in [-0.3, -0.25) is 4.79 Å². The lowest BCUT2D eigenvalue weighted by molar-refractivity contribution is 0.0924. The lowest BCUT2D eigenvalue weighted by atomic mass is 9.96. The molecule has 0 aliphatic heterocycles. The number of carbonyl (C=O) groups excluding carboxylic acids is 1. The molecule has 4 nitrogen and oxygen atoms in total. The monoisotopic (exact) mass is 278 g/mol. The van der Waals surface area contributed by atoms with E-state index in [0.29, 0.717) is 16.1 Å². The molecule has 19 heavy (non-hydrogen) atoms. The first-order valence-corrected chi connectivity index (χ1v) is 6.77. The number of aromatic hydroxyl groups is 1. The highest BCUT2D eigenvalue weighted by atomic mass is 32.1. The molecule has 1 aromatic rings. The van der Waals surface area contributed by atoms with Gasteiger partial charge in [-0.15, -0.1) is 0 Å². The summed E-state index contributed by atoms with van der Waals surface area (Å²) >= 11 is 5.11. The van der Waals surface area contributed by atoms with Crippen molar-refractivity contribution >= 4 is 23.1 Å². The van der Waals surface area contributed by atoms with Crippen LogP contribution in [-0.4, -0.2) is 21.5 Å². The summed E-state index contributed by atoms with van der Waals surface area (Å²) in [5, 5.41) is 12.4. The van der Waals surface area contributed by atoms with E-state index in [1.807, 2.05) is 0 Å². The fraction of sp³-hybridized carbons (Fsp3) is 0.429. The Morgan fingerprint density at radius 1 is 1.42 bits per heavy atom. The Morgan fingerprint density at radius 2 is 2.05 bits per heavy atom. The number of hydrogen-bond acceptors (Lipinski definition) is 3. The number of rotatable bonds is 3. The van der Waals surface area contributed by atoms with Crippen LogP contribution in [0.3, 0.4) is 0 Å². The molecule has 0 aromatic heterocycles. The Labute approximate surface area is 118 Å². The van der Waals surface area contributed by atoms with Crippen LogP contribution in [0.4, 0.5) is 0 Å². The summed E-state index contributed by atoms with van der Waals surface area (Å²) in [6.07, 6.45) is 3.63. The predicted molar refractivity (Wildman–Crippen MR) is 78.3 cm³/mol. The Morgan fingerprint density at radius 3 is 2.58 bits per heavy atom. The first-order valence-electron chi connectivity index (χ1n) is 6.37. The van der Waals surface area contributed by atoms with Gasteiger partial charge in [-0.25, -0.2) is 0 Å². The number of phenols is 1. The molecular formula is C14H18N2O2S. The van der Waals surface area contributed by atoms with Gasteiger partial charge in [0.1, 0.15) is 5.75 Å². The normalized spacial score (nSPS) is 17.1. The van der Waals surface area contributed by atoms with Crippen LogP contribution in [0.15, 0.2) is 18.2 Å². The number of hydrogen-bond donors (Lipinski definition) is 3. The Bertz CT molecular complexity index is 522. The van der Waals surface area contributed by atoms with Gasteiger partial charge < -0.3 is 16.2 Å². The van der Waals surface area contributed by atoms with Gasteiger partial charge in [0.2, 0.25) is 0 Å². The Balaban J connectivity index is 2.20. The Kier molecular flexibility index (Phi) is 3.75. The second-order valence-corrected chi connectivity index (χ2v) is 5.55. The number of thiocarbonyl (C=S) groups is 1. The molecule has 1 aromatic carbocycles. The molecule has 0 bridgehead atoms. The molecule has 1 amide bonds. The predicted octanol–water partition coefficient (Wildman–Crippen LogP) is 2.03. The smallest absolute Gasteiger partial charge is 0.252 e. The minimum atomic E-state index is -0.543. The topological polar surface area (TPSA) is 75.4 Å². The van der Waals surface area contributed by atoms with Crippen LogP contribution >= 0.6 is 12.2 Å². The molecule has 2 rings (SSSR count). The fourth-order valence-electron chi connectivity index (χ4n) is 2.50. The van der Waals surface area contributed by atoms with Gasteiger partial charge in [-0.2, -0.15) is 0 Å². The first kappa shape index (κ1) is 13.8. The van der Waals surface area contributed by atoms with Gasteiger partial charge in [-0.05, 0) is 43.5 Å². The molecule has 4 N–H and O–H groups in total. The minimum Gasteiger partial charge on any atom is -0.508 e. The third kappa shape index (κ3) is 2.71. The van der Waals surface area contributed by atoms with Crippen molar-refractivity contribution in [2.45, 2.75) is 38.1 Å². The van der Waals surface area contributed by atoms with Crippen molar-refractivity contribution in [3.05, 3.63) is 29.3 Å². The van der Waals surface area contributed by atoms with Crippen LogP contribution in [0, 0.1) is 6.92 Å². The second-order valence-electron chi connectivity index (χ2n) is 5.11. The Hall–Kier alpha value is -1.62. The van der Waals surface area contributed by atoms with Crippen LogP contribution in [0.25, 0.3) is 0 Å². The lowest BCUT2D eigenvalue weighted by Gasteiger charge is -2.29. The summed E-state index contributed by atoms with van der Waals surface area (Å²) < 4.78 is 0. The summed E-state index contributed by atoms with van der Waals surface area (Å²) in [7, 11) is 0. The van der Waals surface area contributed by atoms with Crippen LogP contribution in [0.5, 0.6) is 5.75 Å². The average Bonchev–Trinajstić information content (AvgIpc) is 2.82. The molecule has 1 aliphatic carbocycles. The van der Waals surface area contributed by atoms with E-state index in [1.54, 1.807) is 19.1 Å². The van der Waals surface area contributed by atoms with Gasteiger partial charge in [0.05, 0.1) is 10.5 Å². The zero-order valence-electron chi connectivity index (χ0n) is 10.9. The van der Waals surface area contributed by atoms with E-state index < -0.39 is 5.54 Å². The van der Waals surface area contributed by atoms with Gasteiger partial charge in [-0.1, -0.05) is 25.1 Å². The molecule has 0 atom stereocenters. The number of phenolic OH excluding ortho intramolecular Hbond substituents is 1. The standard InChI is InChI=1S/C14H18N2O2S/c1-9-8-10(4-5-11(9)17)12(18)16-14(13(15)19)6-2-3-7-14/h4-5,8,17H,2-3,6-7H2,1H3,(H2,15,19)(H,16,18). The lowest BCUT2D eigenvalue weighted by Crippen LogP contribution is -2.54. The molecule has 0 unspecified atom stereocenters. The summed E-state index contributed by atoms with van der Waals surface area (Å²) in [5.41, 5.74) is 6.43. The number of amides is 1. The van der Waals surface area contributed by atoms with E-state index in [0.717, 1.165) is 25.7 Å². The van der Waals surface area contributed by atoms with Crippen LogP contribution in [0.2, 0.25) is 0 Å². The SMILES string of the molecule is Cc1cc(C(=O)NC2(C(N)=S)CCCC2)ccc1O. The zero-order chi connectivity index (χ0) is 14.0. The molecule has 1 aliphatic rings. The summed E-state index contributed by atoms with van der Waals surface area (Å²) in [5.74, 6) is -0.0146. The van der Waals surface area contributed by atoms with Gasteiger partial charge in [0, 0.05) is 5.56 Å². The fourth-order valence-corrected chi connectivity index (χ4v) is 2.75. The highest BCUT2D eigenvalue weighted by molar-refractivity contribution is 7.80. The van der Waals surface area contributed by atoms with Crippen molar-refractivity contribution in [2.24, 2.45) is 5.73 Å². The maximum absolute atomic E-state index is 12.3. The summed E-state index contributed by atoms with van der Waals surface area (Å²) in [6.45, 7) is 1.75. The van der Waals surface area contributed by atoms with Gasteiger partial charge in [0.25, 0.3) is 5.91 Å². The molecule has 0 radical (unpaired) electrons.